The molecule has 0 heterocycles. The predicted octanol–water partition coefficient (Wildman–Crippen LogP) is 2.35. The average Bonchev–Trinajstić information content (AvgIpc) is 2.99. The number of amides is 1. The molecule has 0 aromatic heterocycles. The number of hydrogen-bond acceptors (Lipinski definition) is 2. The van der Waals surface area contributed by atoms with Gasteiger partial charge in [-0.05, 0) is 31.0 Å². The Bertz CT molecular complexity index is 453. The summed E-state index contributed by atoms with van der Waals surface area (Å²) >= 11 is 0. The zero-order chi connectivity index (χ0) is 12.6. The van der Waals surface area contributed by atoms with Crippen LogP contribution in [0.15, 0.2) is 18.2 Å². The minimum Gasteiger partial charge on any atom is -0.490 e. The van der Waals surface area contributed by atoms with E-state index >= 15 is 0 Å². The SMILES string of the molecule is NC(=O)c1ccc(C(F)(F)F)cc1OC1CC1. The maximum Gasteiger partial charge on any atom is 0.416 e. The van der Waals surface area contributed by atoms with Crippen LogP contribution in [-0.2, 0) is 6.18 Å². The number of carbonyl (C=O) groups excluding carboxylic acids is 1. The Labute approximate surface area is 95.4 Å². The summed E-state index contributed by atoms with van der Waals surface area (Å²) in [5, 5.41) is 0. The van der Waals surface area contributed by atoms with E-state index in [1.807, 2.05) is 0 Å². The summed E-state index contributed by atoms with van der Waals surface area (Å²) in [4.78, 5) is 11.0. The summed E-state index contributed by atoms with van der Waals surface area (Å²) in [6, 6.07) is 2.68. The Balaban J connectivity index is 2.38. The Morgan fingerprint density at radius 1 is 1.35 bits per heavy atom. The quantitative estimate of drug-likeness (QED) is 0.888. The predicted molar refractivity (Wildman–Crippen MR) is 53.6 cm³/mol. The van der Waals surface area contributed by atoms with Crippen molar-refractivity contribution in [3.05, 3.63) is 29.3 Å². The molecule has 6 heteroatoms. The Hall–Kier alpha value is -1.72. The molecule has 2 rings (SSSR count). The lowest BCUT2D eigenvalue weighted by Gasteiger charge is -2.12. The van der Waals surface area contributed by atoms with Crippen LogP contribution in [0.5, 0.6) is 5.75 Å². The molecule has 0 atom stereocenters. The normalized spacial score (nSPS) is 15.7. The topological polar surface area (TPSA) is 52.3 Å². The molecule has 1 aromatic rings. The molecule has 1 fully saturated rings. The van der Waals surface area contributed by atoms with Gasteiger partial charge in [-0.1, -0.05) is 0 Å². The van der Waals surface area contributed by atoms with Gasteiger partial charge in [0.1, 0.15) is 5.75 Å². The maximum atomic E-state index is 12.5. The summed E-state index contributed by atoms with van der Waals surface area (Å²) in [7, 11) is 0. The molecule has 1 aliphatic carbocycles. The van der Waals surface area contributed by atoms with Crippen molar-refractivity contribution in [3.8, 4) is 5.75 Å². The van der Waals surface area contributed by atoms with Crippen LogP contribution in [0, 0.1) is 0 Å². The van der Waals surface area contributed by atoms with E-state index in [1.54, 1.807) is 0 Å². The highest BCUT2D eigenvalue weighted by Gasteiger charge is 2.33. The van der Waals surface area contributed by atoms with E-state index < -0.39 is 17.6 Å². The van der Waals surface area contributed by atoms with Crippen molar-refractivity contribution in [2.75, 3.05) is 0 Å². The second-order valence-electron chi connectivity index (χ2n) is 3.89. The monoisotopic (exact) mass is 245 g/mol. The van der Waals surface area contributed by atoms with Gasteiger partial charge in [0.05, 0.1) is 17.2 Å². The van der Waals surface area contributed by atoms with Crippen LogP contribution < -0.4 is 10.5 Å². The smallest absolute Gasteiger partial charge is 0.416 e. The zero-order valence-corrected chi connectivity index (χ0v) is 8.75. The van der Waals surface area contributed by atoms with Crippen molar-refractivity contribution in [3.63, 3.8) is 0 Å². The van der Waals surface area contributed by atoms with Gasteiger partial charge in [0.2, 0.25) is 0 Å². The molecule has 0 radical (unpaired) electrons. The molecule has 1 aromatic carbocycles. The first-order valence-electron chi connectivity index (χ1n) is 5.05. The van der Waals surface area contributed by atoms with Crippen LogP contribution in [-0.4, -0.2) is 12.0 Å². The Morgan fingerprint density at radius 2 is 2.00 bits per heavy atom. The molecule has 0 spiro atoms. The van der Waals surface area contributed by atoms with E-state index in [0.29, 0.717) is 0 Å². The number of carbonyl (C=O) groups is 1. The molecule has 0 saturated heterocycles. The molecule has 0 aliphatic heterocycles. The fourth-order valence-corrected chi connectivity index (χ4v) is 1.37. The highest BCUT2D eigenvalue weighted by Crippen LogP contribution is 2.35. The van der Waals surface area contributed by atoms with Crippen molar-refractivity contribution in [1.29, 1.82) is 0 Å². The first kappa shape index (κ1) is 11.8. The lowest BCUT2D eigenvalue weighted by Crippen LogP contribution is -2.15. The number of alkyl halides is 3. The molecule has 1 amide bonds. The average molecular weight is 245 g/mol. The van der Waals surface area contributed by atoms with Gasteiger partial charge in [0.25, 0.3) is 5.91 Å². The number of primary amides is 1. The molecule has 1 saturated carbocycles. The first-order valence-corrected chi connectivity index (χ1v) is 5.05. The van der Waals surface area contributed by atoms with Crippen LogP contribution in [0.1, 0.15) is 28.8 Å². The van der Waals surface area contributed by atoms with Crippen molar-refractivity contribution in [2.24, 2.45) is 5.73 Å². The van der Waals surface area contributed by atoms with Gasteiger partial charge in [0.15, 0.2) is 0 Å². The second-order valence-corrected chi connectivity index (χ2v) is 3.89. The fourth-order valence-electron chi connectivity index (χ4n) is 1.37. The van der Waals surface area contributed by atoms with Crippen molar-refractivity contribution < 1.29 is 22.7 Å². The van der Waals surface area contributed by atoms with Gasteiger partial charge in [-0.25, -0.2) is 0 Å². The van der Waals surface area contributed by atoms with E-state index in [9.17, 15) is 18.0 Å². The number of nitrogens with two attached hydrogens (primary N) is 1. The van der Waals surface area contributed by atoms with Gasteiger partial charge in [-0.15, -0.1) is 0 Å². The van der Waals surface area contributed by atoms with Gasteiger partial charge in [-0.3, -0.25) is 4.79 Å². The van der Waals surface area contributed by atoms with Crippen molar-refractivity contribution in [1.82, 2.24) is 0 Å². The third-order valence-corrected chi connectivity index (χ3v) is 2.39. The van der Waals surface area contributed by atoms with Crippen LogP contribution in [0.25, 0.3) is 0 Å². The number of ether oxygens (including phenoxy) is 1. The summed E-state index contributed by atoms with van der Waals surface area (Å²) in [5.74, 6) is -0.885. The molecule has 17 heavy (non-hydrogen) atoms. The largest absolute Gasteiger partial charge is 0.490 e. The molecule has 2 N–H and O–H groups in total. The van der Waals surface area contributed by atoms with E-state index in [4.69, 9.17) is 10.5 Å². The second kappa shape index (κ2) is 3.94. The standard InChI is InChI=1S/C11H10F3NO2/c12-11(13,14)6-1-4-8(10(15)16)9(5-6)17-7-2-3-7/h1,4-5,7H,2-3H2,(H2,15,16). The molecule has 0 bridgehead atoms. The first-order chi connectivity index (χ1) is 7.88. The summed E-state index contributed by atoms with van der Waals surface area (Å²) in [6.45, 7) is 0. The molecule has 0 unspecified atom stereocenters. The number of hydrogen-bond donors (Lipinski definition) is 1. The van der Waals surface area contributed by atoms with E-state index in [0.717, 1.165) is 31.0 Å². The van der Waals surface area contributed by atoms with E-state index in [-0.39, 0.29) is 17.4 Å². The summed E-state index contributed by atoms with van der Waals surface area (Å²) in [5.41, 5.74) is 4.20. The number of benzene rings is 1. The van der Waals surface area contributed by atoms with Crippen LogP contribution >= 0.6 is 0 Å². The van der Waals surface area contributed by atoms with Gasteiger partial charge in [0, 0.05) is 0 Å². The molecule has 1 aliphatic rings. The van der Waals surface area contributed by atoms with Crippen LogP contribution in [0.2, 0.25) is 0 Å². The summed E-state index contributed by atoms with van der Waals surface area (Å²) in [6.07, 6.45) is -2.99. The lowest BCUT2D eigenvalue weighted by molar-refractivity contribution is -0.137. The van der Waals surface area contributed by atoms with Crippen molar-refractivity contribution >= 4 is 5.91 Å². The van der Waals surface area contributed by atoms with Gasteiger partial charge >= 0.3 is 6.18 Å². The minimum atomic E-state index is -4.46. The molecule has 92 valence electrons. The maximum absolute atomic E-state index is 12.5. The summed E-state index contributed by atoms with van der Waals surface area (Å²) < 4.78 is 42.7. The highest BCUT2D eigenvalue weighted by atomic mass is 19.4. The molecular formula is C11H10F3NO2. The van der Waals surface area contributed by atoms with Crippen LogP contribution in [0.3, 0.4) is 0 Å². The highest BCUT2D eigenvalue weighted by molar-refractivity contribution is 5.95. The van der Waals surface area contributed by atoms with Gasteiger partial charge in [-0.2, -0.15) is 13.2 Å². The Kier molecular flexibility index (Phi) is 2.73. The van der Waals surface area contributed by atoms with Crippen molar-refractivity contribution in [2.45, 2.75) is 25.1 Å². The third kappa shape index (κ3) is 2.69. The van der Waals surface area contributed by atoms with Crippen LogP contribution in [0.4, 0.5) is 13.2 Å². The third-order valence-electron chi connectivity index (χ3n) is 2.39. The molecule has 3 nitrogen and oxygen atoms in total. The molecular weight excluding hydrogens is 235 g/mol. The minimum absolute atomic E-state index is 0.0232. The number of rotatable bonds is 3. The number of halogens is 3. The fraction of sp³-hybridized carbons (Fsp3) is 0.364. The Morgan fingerprint density at radius 3 is 2.47 bits per heavy atom. The van der Waals surface area contributed by atoms with Gasteiger partial charge < -0.3 is 10.5 Å². The van der Waals surface area contributed by atoms with E-state index in [2.05, 4.69) is 0 Å². The zero-order valence-electron chi connectivity index (χ0n) is 8.75. The van der Waals surface area contributed by atoms with E-state index in [1.165, 1.54) is 0 Å². The lowest BCUT2D eigenvalue weighted by atomic mass is 10.1.